The van der Waals surface area contributed by atoms with Crippen LogP contribution in [0.3, 0.4) is 0 Å². The molecule has 2 N–H and O–H groups in total. The summed E-state index contributed by atoms with van der Waals surface area (Å²) in [5, 5.41) is 9.41. The summed E-state index contributed by atoms with van der Waals surface area (Å²) < 4.78 is 13.3. The molecule has 0 atom stereocenters. The molecule has 212 valence electrons. The van der Waals surface area contributed by atoms with E-state index < -0.39 is 11.4 Å². The molecule has 5 aromatic rings. The summed E-state index contributed by atoms with van der Waals surface area (Å²) in [6.07, 6.45) is 3.65. The summed E-state index contributed by atoms with van der Waals surface area (Å²) in [5.74, 6) is 1.66. The third-order valence-electron chi connectivity index (χ3n) is 7.07. The Morgan fingerprint density at radius 1 is 1.10 bits per heavy atom. The lowest BCUT2D eigenvalue weighted by Gasteiger charge is -2.19. The number of aromatic nitrogens is 4. The van der Waals surface area contributed by atoms with E-state index in [2.05, 4.69) is 20.8 Å². The second kappa shape index (κ2) is 9.88. The Hall–Kier alpha value is -4.45. The van der Waals surface area contributed by atoms with E-state index >= 15 is 0 Å². The quantitative estimate of drug-likeness (QED) is 0.252. The van der Waals surface area contributed by atoms with Gasteiger partial charge < -0.3 is 19.5 Å². The van der Waals surface area contributed by atoms with Crippen molar-refractivity contribution < 1.29 is 18.8 Å². The molecule has 4 heterocycles. The van der Waals surface area contributed by atoms with Crippen LogP contribution in [0.25, 0.3) is 26.6 Å². The number of urea groups is 1. The highest BCUT2D eigenvalue weighted by atomic mass is 32.1. The van der Waals surface area contributed by atoms with Crippen LogP contribution in [0, 0.1) is 5.41 Å². The van der Waals surface area contributed by atoms with E-state index in [1.165, 1.54) is 11.3 Å². The molecule has 1 aliphatic rings. The number of fused-ring (bicyclic) bond motifs is 3. The van der Waals surface area contributed by atoms with Gasteiger partial charge in [-0.05, 0) is 31.0 Å². The molecule has 0 unspecified atom stereocenters. The van der Waals surface area contributed by atoms with Crippen LogP contribution in [0.4, 0.5) is 16.3 Å². The molecule has 41 heavy (non-hydrogen) atoms. The van der Waals surface area contributed by atoms with Gasteiger partial charge in [-0.1, -0.05) is 49.4 Å². The smallest absolute Gasteiger partial charge is 0.324 e. The van der Waals surface area contributed by atoms with E-state index in [4.69, 9.17) is 14.2 Å². The number of carbonyl (C=O) groups excluding carboxylic acids is 2. The molecule has 1 saturated carbocycles. The van der Waals surface area contributed by atoms with Crippen LogP contribution in [0.5, 0.6) is 5.88 Å². The highest BCUT2D eigenvalue weighted by Gasteiger charge is 2.51. The summed E-state index contributed by atoms with van der Waals surface area (Å²) in [6, 6.07) is 12.6. The van der Waals surface area contributed by atoms with Crippen molar-refractivity contribution in [1.29, 1.82) is 0 Å². The van der Waals surface area contributed by atoms with E-state index in [1.807, 2.05) is 67.8 Å². The van der Waals surface area contributed by atoms with E-state index in [1.54, 1.807) is 25.1 Å². The molecule has 12 heteroatoms. The van der Waals surface area contributed by atoms with Gasteiger partial charge in [0.15, 0.2) is 10.8 Å². The zero-order valence-electron chi connectivity index (χ0n) is 23.5. The highest BCUT2D eigenvalue weighted by Crippen LogP contribution is 2.47. The summed E-state index contributed by atoms with van der Waals surface area (Å²) >= 11 is 1.47. The fourth-order valence-corrected chi connectivity index (χ4v) is 5.51. The van der Waals surface area contributed by atoms with Crippen LogP contribution in [-0.2, 0) is 10.2 Å². The van der Waals surface area contributed by atoms with Gasteiger partial charge in [0.05, 0.1) is 16.6 Å². The number of pyridine rings is 1. The number of thiazole rings is 1. The first kappa shape index (κ1) is 26.8. The molecule has 4 aromatic heterocycles. The van der Waals surface area contributed by atoms with E-state index in [-0.39, 0.29) is 11.3 Å². The summed E-state index contributed by atoms with van der Waals surface area (Å²) in [4.78, 5) is 37.6. The first-order chi connectivity index (χ1) is 19.5. The van der Waals surface area contributed by atoms with Crippen molar-refractivity contribution in [2.45, 2.75) is 39.0 Å². The Balaban J connectivity index is 1.11. The number of amides is 3. The Kier molecular flexibility index (Phi) is 6.45. The molecule has 11 nitrogen and oxygen atoms in total. The average molecular weight is 574 g/mol. The number of ether oxygens (including phenoxy) is 1. The first-order valence-electron chi connectivity index (χ1n) is 13.3. The minimum Gasteiger partial charge on any atom is -0.476 e. The molecule has 0 bridgehead atoms. The minimum atomic E-state index is -0.416. The molecule has 0 saturated heterocycles. The lowest BCUT2D eigenvalue weighted by Crippen LogP contribution is -2.34. The van der Waals surface area contributed by atoms with E-state index in [0.717, 1.165) is 39.4 Å². The molecule has 0 spiro atoms. The molecular formula is C29H31N7O4S. The fraction of sp³-hybridized carbons (Fsp3) is 0.345. The largest absolute Gasteiger partial charge is 0.476 e. The lowest BCUT2D eigenvalue weighted by molar-refractivity contribution is -0.135. The molecule has 3 amide bonds. The summed E-state index contributed by atoms with van der Waals surface area (Å²) in [6.45, 7) is 6.36. The van der Waals surface area contributed by atoms with Crippen molar-refractivity contribution in [1.82, 2.24) is 24.4 Å². The van der Waals surface area contributed by atoms with Crippen LogP contribution in [0.2, 0.25) is 0 Å². The second-order valence-electron chi connectivity index (χ2n) is 11.6. The maximum absolute atomic E-state index is 12.4. The zero-order chi connectivity index (χ0) is 28.9. The SMILES string of the molecule is CN(C)C(=O)C1(COc2ccc3c(n2)sc2nc(-c4ccc(NC(=O)Nc5cc(C(C)(C)C)on5)cc4)cn23)CC1. The summed E-state index contributed by atoms with van der Waals surface area (Å²) in [5.41, 5.74) is 2.67. The minimum absolute atomic E-state index is 0.106. The van der Waals surface area contributed by atoms with E-state index in [9.17, 15) is 9.59 Å². The van der Waals surface area contributed by atoms with Gasteiger partial charge in [0.1, 0.15) is 17.2 Å². The van der Waals surface area contributed by atoms with Gasteiger partial charge in [-0.2, -0.15) is 0 Å². The van der Waals surface area contributed by atoms with Crippen LogP contribution in [-0.4, -0.2) is 57.1 Å². The Morgan fingerprint density at radius 3 is 2.51 bits per heavy atom. The number of anilines is 2. The Labute approximate surface area is 240 Å². The third kappa shape index (κ3) is 5.34. The lowest BCUT2D eigenvalue weighted by atomic mass is 9.93. The topological polar surface area (TPSA) is 127 Å². The standard InChI is InChI=1S/C29H31N7O4S/c1-28(2,3)21-14-22(34-40-21)32-26(38)30-18-8-6-17(7-9-18)19-15-36-20-10-11-23(33-24(20)41-27(36)31-19)39-16-29(12-13-29)25(37)35(4)5/h6-11,14-15H,12-13,16H2,1-5H3,(H2,30,32,34,38). The van der Waals surface area contributed by atoms with Crippen molar-refractivity contribution in [2.24, 2.45) is 5.41 Å². The molecular weight excluding hydrogens is 542 g/mol. The number of benzene rings is 1. The maximum Gasteiger partial charge on any atom is 0.324 e. The number of nitrogens with one attached hydrogen (secondary N) is 2. The van der Waals surface area contributed by atoms with Gasteiger partial charge in [0, 0.05) is 49.1 Å². The van der Waals surface area contributed by atoms with Crippen molar-refractivity contribution in [3.63, 3.8) is 0 Å². The average Bonchev–Trinajstić information content (AvgIpc) is 3.20. The number of hydrogen-bond acceptors (Lipinski definition) is 8. The number of hydrogen-bond donors (Lipinski definition) is 2. The number of imidazole rings is 1. The van der Waals surface area contributed by atoms with Crippen molar-refractivity contribution >= 4 is 50.1 Å². The van der Waals surface area contributed by atoms with Gasteiger partial charge in [-0.3, -0.25) is 14.5 Å². The third-order valence-corrected chi connectivity index (χ3v) is 8.04. The number of carbonyl (C=O) groups is 2. The van der Waals surface area contributed by atoms with Crippen LogP contribution < -0.4 is 15.4 Å². The Bertz CT molecular complexity index is 1760. The highest BCUT2D eigenvalue weighted by molar-refractivity contribution is 7.23. The predicted molar refractivity (Wildman–Crippen MR) is 158 cm³/mol. The predicted octanol–water partition coefficient (Wildman–Crippen LogP) is 5.79. The van der Waals surface area contributed by atoms with E-state index in [0.29, 0.717) is 29.8 Å². The molecule has 1 aliphatic carbocycles. The second-order valence-corrected chi connectivity index (χ2v) is 12.6. The molecule has 1 aromatic carbocycles. The Morgan fingerprint density at radius 2 is 1.85 bits per heavy atom. The first-order valence-corrected chi connectivity index (χ1v) is 14.1. The molecule has 0 radical (unpaired) electrons. The monoisotopic (exact) mass is 573 g/mol. The van der Waals surface area contributed by atoms with Crippen molar-refractivity contribution in [3.8, 4) is 17.1 Å². The van der Waals surface area contributed by atoms with Gasteiger partial charge >= 0.3 is 6.03 Å². The molecule has 1 fully saturated rings. The maximum atomic E-state index is 12.4. The number of rotatable bonds is 7. The zero-order valence-corrected chi connectivity index (χ0v) is 24.3. The van der Waals surface area contributed by atoms with Crippen molar-refractivity contribution in [3.05, 3.63) is 54.4 Å². The summed E-state index contributed by atoms with van der Waals surface area (Å²) in [7, 11) is 3.55. The van der Waals surface area contributed by atoms with Gasteiger partial charge in [-0.25, -0.2) is 14.8 Å². The van der Waals surface area contributed by atoms with Crippen LogP contribution in [0.1, 0.15) is 39.4 Å². The number of nitrogens with zero attached hydrogens (tertiary/aromatic N) is 5. The molecule has 6 rings (SSSR count). The molecule has 0 aliphatic heterocycles. The van der Waals surface area contributed by atoms with Crippen LogP contribution >= 0.6 is 11.3 Å². The normalized spacial score (nSPS) is 14.3. The van der Waals surface area contributed by atoms with Gasteiger partial charge in [0.25, 0.3) is 0 Å². The van der Waals surface area contributed by atoms with Gasteiger partial charge in [0.2, 0.25) is 11.8 Å². The van der Waals surface area contributed by atoms with Gasteiger partial charge in [-0.15, -0.1) is 0 Å². The fourth-order valence-electron chi connectivity index (χ4n) is 4.54. The van der Waals surface area contributed by atoms with Crippen LogP contribution in [0.15, 0.2) is 53.2 Å². The van der Waals surface area contributed by atoms with Crippen molar-refractivity contribution in [2.75, 3.05) is 31.3 Å².